The fourth-order valence-electron chi connectivity index (χ4n) is 4.81. The molecule has 6 nitrogen and oxygen atoms in total. The summed E-state index contributed by atoms with van der Waals surface area (Å²) in [6.45, 7) is 5.96. The van der Waals surface area contributed by atoms with Crippen LogP contribution >= 0.6 is 0 Å². The largest absolute Gasteiger partial charge is 0.507 e. The van der Waals surface area contributed by atoms with Crippen molar-refractivity contribution in [2.45, 2.75) is 45.5 Å². The number of alkyl halides is 3. The standard InChI is InChI=1S/C31H30F3NO5/c1-5-40-25-14-11-21(16-24(25)18(2)3)28(36)26-27(20-9-12-23(39-4)13-10-20)35(30(38)29(26)37)17-19-7-6-8-22(15-19)31(32,33)34/h6-16,18,27,36H,5,17H2,1-4H3/b28-26-. The predicted molar refractivity (Wildman–Crippen MR) is 144 cm³/mol. The van der Waals surface area contributed by atoms with Crippen molar-refractivity contribution in [3.63, 3.8) is 0 Å². The van der Waals surface area contributed by atoms with Gasteiger partial charge in [0.25, 0.3) is 11.7 Å². The maximum atomic E-state index is 13.4. The summed E-state index contributed by atoms with van der Waals surface area (Å²) >= 11 is 0. The molecule has 1 saturated heterocycles. The molecule has 1 heterocycles. The Labute approximate surface area is 230 Å². The normalized spacial score (nSPS) is 17.0. The zero-order valence-corrected chi connectivity index (χ0v) is 22.6. The number of amides is 1. The summed E-state index contributed by atoms with van der Waals surface area (Å²) in [7, 11) is 1.49. The van der Waals surface area contributed by atoms with Crippen molar-refractivity contribution in [1.29, 1.82) is 0 Å². The summed E-state index contributed by atoms with van der Waals surface area (Å²) in [5.74, 6) is -1.01. The van der Waals surface area contributed by atoms with Gasteiger partial charge in [-0.1, -0.05) is 38.1 Å². The SMILES string of the molecule is CCOc1ccc(/C(O)=C2/C(=O)C(=O)N(Cc3cccc(C(F)(F)F)c3)C2c2ccc(OC)cc2)cc1C(C)C. The lowest BCUT2D eigenvalue weighted by atomic mass is 9.93. The average Bonchev–Trinajstić information content (AvgIpc) is 3.17. The molecule has 1 aliphatic rings. The maximum Gasteiger partial charge on any atom is 0.416 e. The van der Waals surface area contributed by atoms with Gasteiger partial charge in [-0.2, -0.15) is 13.2 Å². The van der Waals surface area contributed by atoms with Crippen LogP contribution < -0.4 is 9.47 Å². The number of likely N-dealkylation sites (tertiary alicyclic amines) is 1. The third-order valence-corrected chi connectivity index (χ3v) is 6.78. The number of nitrogens with zero attached hydrogens (tertiary/aromatic N) is 1. The van der Waals surface area contributed by atoms with Gasteiger partial charge in [0.2, 0.25) is 0 Å². The van der Waals surface area contributed by atoms with E-state index in [-0.39, 0.29) is 29.4 Å². The minimum absolute atomic E-state index is 0.0370. The lowest BCUT2D eigenvalue weighted by molar-refractivity contribution is -0.140. The number of benzene rings is 3. The van der Waals surface area contributed by atoms with Gasteiger partial charge < -0.3 is 19.5 Å². The Morgan fingerprint density at radius 2 is 1.73 bits per heavy atom. The van der Waals surface area contributed by atoms with Crippen LogP contribution in [0.4, 0.5) is 13.2 Å². The minimum Gasteiger partial charge on any atom is -0.507 e. The molecule has 3 aromatic rings. The van der Waals surface area contributed by atoms with Crippen molar-refractivity contribution >= 4 is 17.4 Å². The van der Waals surface area contributed by atoms with Crippen LogP contribution in [-0.2, 0) is 22.3 Å². The van der Waals surface area contributed by atoms with Crippen molar-refractivity contribution in [2.24, 2.45) is 0 Å². The quantitative estimate of drug-likeness (QED) is 0.187. The van der Waals surface area contributed by atoms with E-state index in [9.17, 15) is 27.9 Å². The van der Waals surface area contributed by atoms with Crippen molar-refractivity contribution in [3.05, 3.63) is 100 Å². The monoisotopic (exact) mass is 553 g/mol. The molecule has 0 bridgehead atoms. The second kappa shape index (κ2) is 11.5. The summed E-state index contributed by atoms with van der Waals surface area (Å²) in [5.41, 5.74) is 0.800. The number of carbonyl (C=O) groups excluding carboxylic acids is 2. The van der Waals surface area contributed by atoms with Gasteiger partial charge in [-0.05, 0) is 72.0 Å². The molecule has 1 unspecified atom stereocenters. The number of carbonyl (C=O) groups is 2. The maximum absolute atomic E-state index is 13.4. The Kier molecular flexibility index (Phi) is 8.23. The van der Waals surface area contributed by atoms with E-state index < -0.39 is 29.5 Å². The smallest absolute Gasteiger partial charge is 0.416 e. The molecule has 1 fully saturated rings. The summed E-state index contributed by atoms with van der Waals surface area (Å²) < 4.78 is 51.0. The third kappa shape index (κ3) is 5.68. The number of rotatable bonds is 8. The fourth-order valence-corrected chi connectivity index (χ4v) is 4.81. The first kappa shape index (κ1) is 28.7. The highest BCUT2D eigenvalue weighted by molar-refractivity contribution is 6.46. The Morgan fingerprint density at radius 1 is 1.02 bits per heavy atom. The topological polar surface area (TPSA) is 76.1 Å². The van der Waals surface area contributed by atoms with Gasteiger partial charge in [-0.25, -0.2) is 0 Å². The number of halogens is 3. The average molecular weight is 554 g/mol. The molecule has 0 aliphatic carbocycles. The van der Waals surface area contributed by atoms with Crippen LogP contribution in [0.3, 0.4) is 0 Å². The summed E-state index contributed by atoms with van der Waals surface area (Å²) in [6.07, 6.45) is -4.57. The third-order valence-electron chi connectivity index (χ3n) is 6.78. The van der Waals surface area contributed by atoms with E-state index in [0.29, 0.717) is 29.2 Å². The van der Waals surface area contributed by atoms with Crippen molar-refractivity contribution in [2.75, 3.05) is 13.7 Å². The van der Waals surface area contributed by atoms with E-state index in [4.69, 9.17) is 9.47 Å². The zero-order valence-electron chi connectivity index (χ0n) is 22.6. The van der Waals surface area contributed by atoms with Crippen LogP contribution in [0.2, 0.25) is 0 Å². The van der Waals surface area contributed by atoms with Crippen LogP contribution in [0.15, 0.2) is 72.3 Å². The van der Waals surface area contributed by atoms with Crippen molar-refractivity contribution < 1.29 is 37.3 Å². The first-order valence-corrected chi connectivity index (χ1v) is 12.8. The molecule has 0 aromatic heterocycles. The van der Waals surface area contributed by atoms with E-state index >= 15 is 0 Å². The summed E-state index contributed by atoms with van der Waals surface area (Å²) in [4.78, 5) is 27.9. The molecule has 9 heteroatoms. The number of Topliss-reactive ketones (excluding diaryl/α,β-unsaturated/α-hetero) is 1. The Bertz CT molecular complexity index is 1440. The second-order valence-electron chi connectivity index (χ2n) is 9.74. The van der Waals surface area contributed by atoms with Gasteiger partial charge in [0.05, 0.1) is 30.9 Å². The van der Waals surface area contributed by atoms with Gasteiger partial charge in [-0.15, -0.1) is 0 Å². The molecule has 0 radical (unpaired) electrons. The Balaban J connectivity index is 1.86. The molecule has 1 atom stereocenters. The van der Waals surface area contributed by atoms with Crippen molar-refractivity contribution in [1.82, 2.24) is 4.90 Å². The Hall–Kier alpha value is -4.27. The molecule has 0 spiro atoms. The van der Waals surface area contributed by atoms with Crippen LogP contribution in [0.1, 0.15) is 60.5 Å². The number of aliphatic hydroxyl groups excluding tert-OH is 1. The van der Waals surface area contributed by atoms with Gasteiger partial charge in [0, 0.05) is 12.1 Å². The molecule has 210 valence electrons. The molecule has 1 N–H and O–H groups in total. The molecule has 4 rings (SSSR count). The van der Waals surface area contributed by atoms with E-state index in [1.165, 1.54) is 24.1 Å². The first-order valence-electron chi connectivity index (χ1n) is 12.8. The lowest BCUT2D eigenvalue weighted by Crippen LogP contribution is -2.29. The van der Waals surface area contributed by atoms with Crippen LogP contribution in [-0.4, -0.2) is 35.4 Å². The molecule has 0 saturated carbocycles. The Morgan fingerprint density at radius 3 is 2.33 bits per heavy atom. The number of methoxy groups -OCH3 is 1. The van der Waals surface area contributed by atoms with Gasteiger partial charge in [-0.3, -0.25) is 9.59 Å². The second-order valence-corrected chi connectivity index (χ2v) is 9.74. The van der Waals surface area contributed by atoms with E-state index in [1.54, 1.807) is 42.5 Å². The highest BCUT2D eigenvalue weighted by atomic mass is 19.4. The fraction of sp³-hybridized carbons (Fsp3) is 0.290. The summed E-state index contributed by atoms with van der Waals surface area (Å²) in [5, 5.41) is 11.5. The lowest BCUT2D eigenvalue weighted by Gasteiger charge is -2.26. The van der Waals surface area contributed by atoms with Crippen LogP contribution in [0.25, 0.3) is 5.76 Å². The zero-order chi connectivity index (χ0) is 29.2. The van der Waals surface area contributed by atoms with Crippen LogP contribution in [0, 0.1) is 0 Å². The minimum atomic E-state index is -4.57. The van der Waals surface area contributed by atoms with Crippen molar-refractivity contribution in [3.8, 4) is 11.5 Å². The van der Waals surface area contributed by atoms with E-state index in [1.807, 2.05) is 20.8 Å². The van der Waals surface area contributed by atoms with E-state index in [0.717, 1.165) is 17.7 Å². The number of hydrogen-bond acceptors (Lipinski definition) is 5. The van der Waals surface area contributed by atoms with Gasteiger partial charge in [0.15, 0.2) is 0 Å². The highest BCUT2D eigenvalue weighted by Gasteiger charge is 2.46. The molecular formula is C31H30F3NO5. The number of aliphatic hydroxyl groups is 1. The first-order chi connectivity index (χ1) is 19.0. The van der Waals surface area contributed by atoms with Gasteiger partial charge >= 0.3 is 6.18 Å². The molecular weight excluding hydrogens is 523 g/mol. The molecule has 3 aromatic carbocycles. The molecule has 40 heavy (non-hydrogen) atoms. The number of ketones is 1. The van der Waals surface area contributed by atoms with Crippen LogP contribution in [0.5, 0.6) is 11.5 Å². The molecule has 1 aliphatic heterocycles. The van der Waals surface area contributed by atoms with Gasteiger partial charge in [0.1, 0.15) is 17.3 Å². The number of hydrogen-bond donors (Lipinski definition) is 1. The highest BCUT2D eigenvalue weighted by Crippen LogP contribution is 2.42. The summed E-state index contributed by atoms with van der Waals surface area (Å²) in [6, 6.07) is 15.2. The predicted octanol–water partition coefficient (Wildman–Crippen LogP) is 6.86. The van der Waals surface area contributed by atoms with E-state index in [2.05, 4.69) is 0 Å². The molecule has 1 amide bonds. The number of ether oxygens (including phenoxy) is 2.